The molecule has 8 heteroatoms. The number of rotatable bonds is 6. The molecule has 0 bridgehead atoms. The molecule has 2 aliphatic rings. The maximum atomic E-state index is 12.6. The van der Waals surface area contributed by atoms with Crippen LogP contribution < -0.4 is 14.4 Å². The molecule has 2 aromatic carbocycles. The van der Waals surface area contributed by atoms with E-state index in [0.717, 1.165) is 0 Å². The molecule has 1 fully saturated rings. The van der Waals surface area contributed by atoms with Gasteiger partial charge >= 0.3 is 0 Å². The molecule has 0 spiro atoms. The van der Waals surface area contributed by atoms with Crippen molar-refractivity contribution >= 4 is 23.3 Å². The largest absolute Gasteiger partial charge is 0.485 e. The summed E-state index contributed by atoms with van der Waals surface area (Å²) in [5.41, 5.74) is 0.797. The number of ether oxygens (including phenoxy) is 3. The van der Waals surface area contributed by atoms with Gasteiger partial charge in [0.25, 0.3) is 5.91 Å². The fraction of sp³-hybridized carbons (Fsp3) is 0.318. The van der Waals surface area contributed by atoms with Gasteiger partial charge in [-0.15, -0.1) is 0 Å². The number of benzene rings is 2. The van der Waals surface area contributed by atoms with Crippen LogP contribution in [0.5, 0.6) is 11.5 Å². The third kappa shape index (κ3) is 4.44. The highest BCUT2D eigenvalue weighted by Crippen LogP contribution is 2.33. The zero-order valence-corrected chi connectivity index (χ0v) is 16.4. The highest BCUT2D eigenvalue weighted by molar-refractivity contribution is 6.04. The minimum Gasteiger partial charge on any atom is -0.485 e. The van der Waals surface area contributed by atoms with Gasteiger partial charge in [0.15, 0.2) is 19.0 Å². The first-order valence-corrected chi connectivity index (χ1v) is 9.75. The Bertz CT molecular complexity index is 940. The third-order valence-corrected chi connectivity index (χ3v) is 4.99. The number of carbonyl (C=O) groups is 3. The number of nitrogens with zero attached hydrogens (tertiary/aromatic N) is 2. The summed E-state index contributed by atoms with van der Waals surface area (Å²) in [6.45, 7) is 1.59. The van der Waals surface area contributed by atoms with Gasteiger partial charge in [-0.3, -0.25) is 19.3 Å². The number of carbonyl (C=O) groups excluding carboxylic acids is 3. The molecule has 156 valence electrons. The lowest BCUT2D eigenvalue weighted by atomic mass is 10.1. The first-order chi connectivity index (χ1) is 14.6. The van der Waals surface area contributed by atoms with Gasteiger partial charge in [-0.1, -0.05) is 18.2 Å². The molecule has 2 aromatic rings. The number of hydrogen-bond acceptors (Lipinski definition) is 6. The zero-order valence-electron chi connectivity index (χ0n) is 16.4. The lowest BCUT2D eigenvalue weighted by molar-refractivity contribution is -0.135. The lowest BCUT2D eigenvalue weighted by Gasteiger charge is -2.32. The molecule has 0 aliphatic carbocycles. The summed E-state index contributed by atoms with van der Waals surface area (Å²) < 4.78 is 16.3. The summed E-state index contributed by atoms with van der Waals surface area (Å²) in [6, 6.07) is 13.9. The molecule has 0 unspecified atom stereocenters. The first kappa shape index (κ1) is 19.9. The summed E-state index contributed by atoms with van der Waals surface area (Å²) in [7, 11) is 0. The second-order valence-electron chi connectivity index (χ2n) is 6.97. The van der Waals surface area contributed by atoms with Crippen LogP contribution in [0.4, 0.5) is 5.69 Å². The van der Waals surface area contributed by atoms with Crippen LogP contribution >= 0.6 is 0 Å². The molecular formula is C22H22N2O6. The van der Waals surface area contributed by atoms with E-state index in [2.05, 4.69) is 0 Å². The Labute approximate surface area is 173 Å². The Morgan fingerprint density at radius 3 is 2.57 bits per heavy atom. The number of Topliss-reactive ketones (excluding diaryl/α,β-unsaturated/α-hetero) is 1. The summed E-state index contributed by atoms with van der Waals surface area (Å²) in [5.74, 6) is 0.335. The van der Waals surface area contributed by atoms with Gasteiger partial charge in [0.1, 0.15) is 18.0 Å². The summed E-state index contributed by atoms with van der Waals surface area (Å²) >= 11 is 0. The second kappa shape index (κ2) is 8.96. The second-order valence-corrected chi connectivity index (χ2v) is 6.97. The van der Waals surface area contributed by atoms with E-state index in [1.807, 2.05) is 18.2 Å². The van der Waals surface area contributed by atoms with Crippen molar-refractivity contribution < 1.29 is 28.6 Å². The average Bonchev–Trinajstić information content (AvgIpc) is 2.80. The quantitative estimate of drug-likeness (QED) is 0.672. The van der Waals surface area contributed by atoms with E-state index >= 15 is 0 Å². The molecular weight excluding hydrogens is 388 g/mol. The van der Waals surface area contributed by atoms with Crippen LogP contribution in [0, 0.1) is 0 Å². The maximum Gasteiger partial charge on any atom is 0.265 e. The number of para-hydroxylation sites is 1. The Morgan fingerprint density at radius 2 is 1.80 bits per heavy atom. The molecule has 4 rings (SSSR count). The molecule has 30 heavy (non-hydrogen) atoms. The fourth-order valence-electron chi connectivity index (χ4n) is 3.35. The Balaban J connectivity index is 1.49. The van der Waals surface area contributed by atoms with E-state index in [0.29, 0.717) is 49.1 Å². The van der Waals surface area contributed by atoms with E-state index in [4.69, 9.17) is 14.2 Å². The van der Waals surface area contributed by atoms with Crippen LogP contribution in [-0.4, -0.2) is 68.6 Å². The van der Waals surface area contributed by atoms with Crippen LogP contribution in [-0.2, 0) is 14.3 Å². The van der Waals surface area contributed by atoms with Crippen LogP contribution in [0.3, 0.4) is 0 Å². The monoisotopic (exact) mass is 410 g/mol. The van der Waals surface area contributed by atoms with Crippen molar-refractivity contribution in [1.29, 1.82) is 0 Å². The van der Waals surface area contributed by atoms with Crippen molar-refractivity contribution in [3.63, 3.8) is 0 Å². The van der Waals surface area contributed by atoms with E-state index < -0.39 is 0 Å². The van der Waals surface area contributed by atoms with Gasteiger partial charge < -0.3 is 19.1 Å². The average molecular weight is 410 g/mol. The summed E-state index contributed by atoms with van der Waals surface area (Å²) in [5, 5.41) is 0. The minimum absolute atomic E-state index is 0.104. The van der Waals surface area contributed by atoms with Gasteiger partial charge in [0.2, 0.25) is 5.91 Å². The zero-order chi connectivity index (χ0) is 20.9. The fourth-order valence-corrected chi connectivity index (χ4v) is 3.35. The molecule has 2 heterocycles. The van der Waals surface area contributed by atoms with Crippen LogP contribution in [0.25, 0.3) is 0 Å². The molecule has 8 nitrogen and oxygen atoms in total. The topological polar surface area (TPSA) is 85.4 Å². The Morgan fingerprint density at radius 1 is 1.03 bits per heavy atom. The van der Waals surface area contributed by atoms with Crippen LogP contribution in [0.15, 0.2) is 48.5 Å². The number of amides is 2. The normalized spacial score (nSPS) is 15.9. The Kier molecular flexibility index (Phi) is 5.94. The molecule has 0 aromatic heterocycles. The van der Waals surface area contributed by atoms with E-state index in [-0.39, 0.29) is 37.4 Å². The van der Waals surface area contributed by atoms with Crippen LogP contribution in [0.1, 0.15) is 10.4 Å². The van der Waals surface area contributed by atoms with E-state index in [9.17, 15) is 14.4 Å². The lowest BCUT2D eigenvalue weighted by Crippen LogP contribution is -2.49. The van der Waals surface area contributed by atoms with Crippen molar-refractivity contribution in [1.82, 2.24) is 4.90 Å². The molecule has 1 saturated heterocycles. The number of hydrogen-bond donors (Lipinski definition) is 0. The molecule has 0 radical (unpaired) electrons. The number of anilines is 1. The van der Waals surface area contributed by atoms with E-state index in [1.165, 1.54) is 4.90 Å². The molecule has 0 atom stereocenters. The van der Waals surface area contributed by atoms with Gasteiger partial charge in [-0.05, 0) is 30.3 Å². The summed E-state index contributed by atoms with van der Waals surface area (Å²) in [4.78, 5) is 40.8. The first-order valence-electron chi connectivity index (χ1n) is 9.75. The molecule has 0 saturated carbocycles. The van der Waals surface area contributed by atoms with Crippen molar-refractivity contribution in [2.45, 2.75) is 0 Å². The molecule has 0 N–H and O–H groups in total. The maximum absolute atomic E-state index is 12.6. The molecule has 2 aliphatic heterocycles. The van der Waals surface area contributed by atoms with E-state index in [1.54, 1.807) is 35.2 Å². The van der Waals surface area contributed by atoms with Crippen LogP contribution in [0.2, 0.25) is 0 Å². The highest BCUT2D eigenvalue weighted by Gasteiger charge is 2.30. The third-order valence-electron chi connectivity index (χ3n) is 4.99. The number of morpholine rings is 1. The van der Waals surface area contributed by atoms with Gasteiger partial charge in [0, 0.05) is 18.7 Å². The number of fused-ring (bicyclic) bond motifs is 1. The SMILES string of the molecule is O=C(COc1ccccc1)c1ccc2c(c1)N(CC(=O)N1CCOCC1)C(=O)CO2. The standard InChI is InChI=1S/C22H22N2O6/c25-19(14-29-17-4-2-1-3-5-17)16-6-7-20-18(12-16)24(22(27)15-30-20)13-21(26)23-8-10-28-11-9-23/h1-7,12H,8-11,13-15H2. The smallest absolute Gasteiger partial charge is 0.265 e. The predicted octanol–water partition coefficient (Wildman–Crippen LogP) is 1.53. The van der Waals surface area contributed by atoms with Crippen molar-refractivity contribution in [3.05, 3.63) is 54.1 Å². The van der Waals surface area contributed by atoms with Gasteiger partial charge in [-0.25, -0.2) is 0 Å². The predicted molar refractivity (Wildman–Crippen MR) is 108 cm³/mol. The van der Waals surface area contributed by atoms with Crippen molar-refractivity contribution in [2.24, 2.45) is 0 Å². The van der Waals surface area contributed by atoms with Gasteiger partial charge in [0.05, 0.1) is 18.9 Å². The highest BCUT2D eigenvalue weighted by atomic mass is 16.5. The minimum atomic E-state index is -0.325. The molecule has 2 amide bonds. The number of ketones is 1. The van der Waals surface area contributed by atoms with Gasteiger partial charge in [-0.2, -0.15) is 0 Å². The van der Waals surface area contributed by atoms with Crippen molar-refractivity contribution in [3.8, 4) is 11.5 Å². The van der Waals surface area contributed by atoms with Crippen molar-refractivity contribution in [2.75, 3.05) is 51.0 Å². The Hall–Kier alpha value is -3.39. The summed E-state index contributed by atoms with van der Waals surface area (Å²) in [6.07, 6.45) is 0.